The summed E-state index contributed by atoms with van der Waals surface area (Å²) in [7, 11) is 0. The Hall–Kier alpha value is -4.05. The third kappa shape index (κ3) is 10.2. The SMILES string of the molecule is CC(C)(C)C(=O)OCc1ccc(O[C@@H]2O[C@H](C(=O)O)[C@@H](O)[C@H](O)[C@@H]2O)cc1OCCCNC(=O)CCCCCN1C(=O)C=CC1=O. The smallest absolute Gasteiger partial charge is 0.335 e. The van der Waals surface area contributed by atoms with Crippen LogP contribution in [0.3, 0.4) is 0 Å². The molecule has 46 heavy (non-hydrogen) atoms. The van der Waals surface area contributed by atoms with Crippen molar-refractivity contribution in [1.82, 2.24) is 10.2 Å². The molecular weight excluding hydrogens is 608 g/mol. The fourth-order valence-corrected chi connectivity index (χ4v) is 4.46. The summed E-state index contributed by atoms with van der Waals surface area (Å²) in [5.41, 5.74) is -0.266. The topological polar surface area (TPSA) is 218 Å². The molecule has 5 N–H and O–H groups in total. The lowest BCUT2D eigenvalue weighted by Crippen LogP contribution is -2.61. The Bertz CT molecular complexity index is 1270. The molecule has 0 unspecified atom stereocenters. The number of rotatable bonds is 16. The van der Waals surface area contributed by atoms with Gasteiger partial charge in [0.15, 0.2) is 6.10 Å². The van der Waals surface area contributed by atoms with E-state index < -0.39 is 48.1 Å². The van der Waals surface area contributed by atoms with Crippen LogP contribution in [0.4, 0.5) is 0 Å². The molecule has 0 saturated carbocycles. The van der Waals surface area contributed by atoms with Crippen LogP contribution in [0.25, 0.3) is 0 Å². The van der Waals surface area contributed by atoms with E-state index in [1.807, 2.05) is 0 Å². The molecule has 1 saturated heterocycles. The van der Waals surface area contributed by atoms with E-state index in [4.69, 9.17) is 18.9 Å². The predicted octanol–water partition coefficient (Wildman–Crippen LogP) is 0.417. The summed E-state index contributed by atoms with van der Waals surface area (Å²) in [5, 5.41) is 42.4. The number of amides is 3. The Morgan fingerprint density at radius 1 is 0.957 bits per heavy atom. The molecule has 0 aromatic heterocycles. The van der Waals surface area contributed by atoms with E-state index in [1.54, 1.807) is 26.8 Å². The summed E-state index contributed by atoms with van der Waals surface area (Å²) in [5.74, 6) is -2.48. The molecule has 0 radical (unpaired) electrons. The Morgan fingerprint density at radius 2 is 1.65 bits per heavy atom. The number of ether oxygens (including phenoxy) is 4. The highest BCUT2D eigenvalue weighted by Crippen LogP contribution is 2.30. The van der Waals surface area contributed by atoms with Crippen LogP contribution in [0.5, 0.6) is 11.5 Å². The Kier molecular flexibility index (Phi) is 13.1. The summed E-state index contributed by atoms with van der Waals surface area (Å²) in [4.78, 5) is 60.2. The van der Waals surface area contributed by atoms with Gasteiger partial charge in [-0.25, -0.2) is 4.79 Å². The number of benzene rings is 1. The maximum Gasteiger partial charge on any atom is 0.335 e. The first-order chi connectivity index (χ1) is 21.7. The van der Waals surface area contributed by atoms with Crippen molar-refractivity contribution in [2.45, 2.75) is 90.2 Å². The number of aliphatic hydroxyl groups is 3. The maximum absolute atomic E-state index is 12.3. The summed E-state index contributed by atoms with van der Waals surface area (Å²) in [6, 6.07) is 4.42. The van der Waals surface area contributed by atoms with E-state index in [-0.39, 0.29) is 48.9 Å². The minimum atomic E-state index is -1.87. The van der Waals surface area contributed by atoms with Gasteiger partial charge in [-0.2, -0.15) is 0 Å². The third-order valence-electron chi connectivity index (χ3n) is 7.16. The van der Waals surface area contributed by atoms with Crippen molar-refractivity contribution in [3.05, 3.63) is 35.9 Å². The number of carbonyl (C=O) groups excluding carboxylic acids is 4. The van der Waals surface area contributed by atoms with E-state index in [2.05, 4.69) is 5.32 Å². The van der Waals surface area contributed by atoms with Crippen LogP contribution < -0.4 is 14.8 Å². The number of nitrogens with zero attached hydrogens (tertiary/aromatic N) is 1. The lowest BCUT2D eigenvalue weighted by molar-refractivity contribution is -0.271. The molecule has 0 bridgehead atoms. The second-order valence-electron chi connectivity index (χ2n) is 12.0. The van der Waals surface area contributed by atoms with Gasteiger partial charge >= 0.3 is 11.9 Å². The largest absolute Gasteiger partial charge is 0.493 e. The number of aliphatic carboxylic acids is 1. The molecule has 15 heteroatoms. The number of carboxylic acid groups (broad SMARTS) is 1. The highest BCUT2D eigenvalue weighted by Gasteiger charge is 2.48. The molecule has 1 fully saturated rings. The molecule has 5 atom stereocenters. The van der Waals surface area contributed by atoms with Gasteiger partial charge in [-0.3, -0.25) is 24.1 Å². The highest BCUT2D eigenvalue weighted by atomic mass is 16.7. The first-order valence-electron chi connectivity index (χ1n) is 15.0. The maximum atomic E-state index is 12.3. The normalized spacial score (nSPS) is 22.9. The summed E-state index contributed by atoms with van der Waals surface area (Å²) >= 11 is 0. The van der Waals surface area contributed by atoms with Gasteiger partial charge in [0.25, 0.3) is 11.8 Å². The van der Waals surface area contributed by atoms with E-state index in [0.29, 0.717) is 44.3 Å². The summed E-state index contributed by atoms with van der Waals surface area (Å²) < 4.78 is 22.1. The molecule has 15 nitrogen and oxygen atoms in total. The molecule has 254 valence electrons. The van der Waals surface area contributed by atoms with Crippen LogP contribution in [0.2, 0.25) is 0 Å². The van der Waals surface area contributed by atoms with Crippen LogP contribution in [-0.2, 0) is 40.1 Å². The van der Waals surface area contributed by atoms with Gasteiger partial charge in [0.1, 0.15) is 36.4 Å². The average Bonchev–Trinajstić information content (AvgIpc) is 3.31. The number of esters is 1. The minimum Gasteiger partial charge on any atom is -0.493 e. The first-order valence-corrected chi connectivity index (χ1v) is 15.0. The van der Waals surface area contributed by atoms with Crippen molar-refractivity contribution in [2.75, 3.05) is 19.7 Å². The number of aliphatic hydroxyl groups excluding tert-OH is 3. The molecule has 0 aliphatic carbocycles. The van der Waals surface area contributed by atoms with Gasteiger partial charge in [-0.1, -0.05) is 6.42 Å². The molecule has 2 heterocycles. The van der Waals surface area contributed by atoms with Gasteiger partial charge < -0.3 is 44.7 Å². The second kappa shape index (κ2) is 16.5. The third-order valence-corrected chi connectivity index (χ3v) is 7.16. The van der Waals surface area contributed by atoms with E-state index in [1.165, 1.54) is 29.2 Å². The fraction of sp³-hybridized carbons (Fsp3) is 0.581. The van der Waals surface area contributed by atoms with Gasteiger partial charge in [-0.05, 0) is 52.2 Å². The van der Waals surface area contributed by atoms with Crippen LogP contribution in [-0.4, -0.2) is 105 Å². The molecule has 3 rings (SSSR count). The Balaban J connectivity index is 1.51. The molecule has 2 aliphatic rings. The number of hydrogen-bond donors (Lipinski definition) is 5. The number of hydrogen-bond acceptors (Lipinski definition) is 12. The molecular formula is C31H42N2O13. The van der Waals surface area contributed by atoms with Gasteiger partial charge in [0.05, 0.1) is 12.0 Å². The zero-order valence-electron chi connectivity index (χ0n) is 26.0. The lowest BCUT2D eigenvalue weighted by Gasteiger charge is -2.38. The number of imide groups is 1. The molecule has 0 spiro atoms. The van der Waals surface area contributed by atoms with Gasteiger partial charge in [0.2, 0.25) is 12.2 Å². The molecule has 1 aromatic rings. The molecule has 1 aromatic carbocycles. The van der Waals surface area contributed by atoms with E-state index in [0.717, 1.165) is 0 Å². The molecule has 2 aliphatic heterocycles. The zero-order chi connectivity index (χ0) is 34.0. The van der Waals surface area contributed by atoms with Gasteiger partial charge in [0, 0.05) is 43.3 Å². The van der Waals surface area contributed by atoms with Crippen molar-refractivity contribution in [2.24, 2.45) is 5.41 Å². The van der Waals surface area contributed by atoms with Crippen molar-refractivity contribution in [3.8, 4) is 11.5 Å². The summed E-state index contributed by atoms with van der Waals surface area (Å²) in [6.45, 7) is 5.76. The second-order valence-corrected chi connectivity index (χ2v) is 12.0. The lowest BCUT2D eigenvalue weighted by atomic mass is 9.97. The van der Waals surface area contributed by atoms with Crippen LogP contribution in [0, 0.1) is 5.41 Å². The zero-order valence-corrected chi connectivity index (χ0v) is 26.0. The first kappa shape index (κ1) is 36.4. The number of nitrogens with one attached hydrogen (secondary N) is 1. The van der Waals surface area contributed by atoms with Crippen molar-refractivity contribution in [3.63, 3.8) is 0 Å². The Labute approximate surface area is 266 Å². The van der Waals surface area contributed by atoms with Crippen molar-refractivity contribution >= 4 is 29.7 Å². The predicted molar refractivity (Wildman–Crippen MR) is 158 cm³/mol. The van der Waals surface area contributed by atoms with E-state index >= 15 is 0 Å². The quantitative estimate of drug-likeness (QED) is 0.0932. The number of carboxylic acids is 1. The Morgan fingerprint density at radius 3 is 2.30 bits per heavy atom. The van der Waals surface area contributed by atoms with Crippen LogP contribution >= 0.6 is 0 Å². The van der Waals surface area contributed by atoms with Crippen molar-refractivity contribution in [1.29, 1.82) is 0 Å². The molecule has 3 amide bonds. The standard InChI is InChI=1S/C31H42N2O13/c1-31(2,3)30(42)44-17-18-9-10-19(45-29-26(39)24(37)25(38)27(46-29)28(40)41)16-20(18)43-15-7-13-32-21(34)8-5-4-6-14-33-22(35)11-12-23(33)36/h9-12,16,24-27,29,37-39H,4-8,13-15,17H2,1-3H3,(H,32,34)(H,40,41)/t24-,25-,26-,27-,29+/m0/s1. The average molecular weight is 651 g/mol. The fourth-order valence-electron chi connectivity index (χ4n) is 4.46. The van der Waals surface area contributed by atoms with Crippen LogP contribution in [0.15, 0.2) is 30.4 Å². The highest BCUT2D eigenvalue weighted by molar-refractivity contribution is 6.12. The van der Waals surface area contributed by atoms with Gasteiger partial charge in [-0.15, -0.1) is 0 Å². The number of carbonyl (C=O) groups is 5. The number of unbranched alkanes of at least 4 members (excludes halogenated alkanes) is 2. The minimum absolute atomic E-state index is 0.0701. The summed E-state index contributed by atoms with van der Waals surface area (Å²) in [6.07, 6.45) is -3.90. The van der Waals surface area contributed by atoms with Crippen molar-refractivity contribution < 1.29 is 63.3 Å². The monoisotopic (exact) mass is 650 g/mol. The van der Waals surface area contributed by atoms with E-state index in [9.17, 15) is 44.4 Å². The van der Waals surface area contributed by atoms with Crippen LogP contribution in [0.1, 0.15) is 58.4 Å².